The van der Waals surface area contributed by atoms with Crippen LogP contribution in [0.25, 0.3) is 0 Å². The Labute approximate surface area is 126 Å². The van der Waals surface area contributed by atoms with E-state index in [4.69, 9.17) is 0 Å². The van der Waals surface area contributed by atoms with Crippen LogP contribution in [-0.4, -0.2) is 21.4 Å². The average Bonchev–Trinajstić information content (AvgIpc) is 2.87. The molecule has 4 nitrogen and oxygen atoms in total. The van der Waals surface area contributed by atoms with Gasteiger partial charge in [0, 0.05) is 31.4 Å². The number of hydrogen-bond donors (Lipinski definition) is 2. The number of nitrogens with one attached hydrogen (secondary N) is 1. The predicted octanol–water partition coefficient (Wildman–Crippen LogP) is 2.61. The minimum absolute atomic E-state index is 0.217. The molecule has 2 rings (SSSR count). The average molecular weight is 287 g/mol. The van der Waals surface area contributed by atoms with Gasteiger partial charge in [-0.1, -0.05) is 44.2 Å². The van der Waals surface area contributed by atoms with Crippen molar-refractivity contribution in [1.29, 1.82) is 0 Å². The summed E-state index contributed by atoms with van der Waals surface area (Å²) in [5.74, 6) is 0.442. The van der Waals surface area contributed by atoms with Gasteiger partial charge < -0.3 is 10.4 Å². The van der Waals surface area contributed by atoms with Gasteiger partial charge in [-0.25, -0.2) is 0 Å². The molecule has 2 N–H and O–H groups in total. The van der Waals surface area contributed by atoms with E-state index in [0.717, 1.165) is 5.56 Å². The lowest BCUT2D eigenvalue weighted by Crippen LogP contribution is -2.38. The van der Waals surface area contributed by atoms with E-state index in [1.54, 1.807) is 10.9 Å². The number of nitrogens with zero attached hydrogens (tertiary/aromatic N) is 2. The first-order valence-electron chi connectivity index (χ1n) is 7.40. The molecule has 114 valence electrons. The highest BCUT2D eigenvalue weighted by Crippen LogP contribution is 2.24. The second kappa shape index (κ2) is 6.41. The molecule has 0 bridgehead atoms. The van der Waals surface area contributed by atoms with Crippen molar-refractivity contribution in [1.82, 2.24) is 15.1 Å². The third kappa shape index (κ3) is 3.93. The van der Waals surface area contributed by atoms with E-state index >= 15 is 0 Å². The molecule has 1 aromatic heterocycles. The molecule has 0 aliphatic rings. The van der Waals surface area contributed by atoms with Crippen molar-refractivity contribution in [3.05, 3.63) is 53.9 Å². The normalized spacial score (nSPS) is 15.9. The lowest BCUT2D eigenvalue weighted by Gasteiger charge is -2.29. The van der Waals surface area contributed by atoms with Crippen molar-refractivity contribution < 1.29 is 5.11 Å². The quantitative estimate of drug-likeness (QED) is 0.858. The maximum absolute atomic E-state index is 10.7. The van der Waals surface area contributed by atoms with Crippen LogP contribution in [0.15, 0.2) is 42.7 Å². The van der Waals surface area contributed by atoms with Gasteiger partial charge in [0.25, 0.3) is 0 Å². The van der Waals surface area contributed by atoms with Crippen LogP contribution >= 0.6 is 0 Å². The molecule has 21 heavy (non-hydrogen) atoms. The molecule has 0 saturated heterocycles. The molecule has 2 unspecified atom stereocenters. The molecule has 0 aliphatic carbocycles. The van der Waals surface area contributed by atoms with E-state index in [9.17, 15) is 5.11 Å². The maximum Gasteiger partial charge on any atom is 0.102 e. The fraction of sp³-hybridized carbons (Fsp3) is 0.471. The highest BCUT2D eigenvalue weighted by Gasteiger charge is 2.26. The van der Waals surface area contributed by atoms with Crippen molar-refractivity contribution in [3.63, 3.8) is 0 Å². The molecule has 2 atom stereocenters. The Balaban J connectivity index is 2.08. The molecule has 2 aromatic rings. The number of benzene rings is 1. The Hall–Kier alpha value is -1.65. The molecule has 1 heterocycles. The molecule has 0 spiro atoms. The van der Waals surface area contributed by atoms with E-state index in [1.165, 1.54) is 5.56 Å². The van der Waals surface area contributed by atoms with Crippen LogP contribution in [-0.2, 0) is 12.6 Å². The van der Waals surface area contributed by atoms with Crippen molar-refractivity contribution in [2.75, 3.05) is 6.54 Å². The van der Waals surface area contributed by atoms with Gasteiger partial charge >= 0.3 is 0 Å². The summed E-state index contributed by atoms with van der Waals surface area (Å²) in [7, 11) is 1.86. The minimum atomic E-state index is -0.934. The molecular weight excluding hydrogens is 262 g/mol. The van der Waals surface area contributed by atoms with E-state index in [-0.39, 0.29) is 6.04 Å². The molecule has 0 saturated carbocycles. The van der Waals surface area contributed by atoms with Crippen molar-refractivity contribution in [3.8, 4) is 0 Å². The van der Waals surface area contributed by atoms with E-state index in [1.807, 2.05) is 38.4 Å². The number of rotatable bonds is 6. The van der Waals surface area contributed by atoms with Crippen molar-refractivity contribution in [2.45, 2.75) is 32.4 Å². The zero-order valence-electron chi connectivity index (χ0n) is 13.2. The zero-order valence-corrected chi connectivity index (χ0v) is 13.2. The van der Waals surface area contributed by atoms with E-state index in [0.29, 0.717) is 12.5 Å². The smallest absolute Gasteiger partial charge is 0.102 e. The van der Waals surface area contributed by atoms with Crippen LogP contribution in [0.2, 0.25) is 0 Å². The number of aliphatic hydroxyl groups is 1. The van der Waals surface area contributed by atoms with Gasteiger partial charge in [0.05, 0.1) is 6.20 Å². The van der Waals surface area contributed by atoms with E-state index < -0.39 is 5.60 Å². The topological polar surface area (TPSA) is 50.1 Å². The summed E-state index contributed by atoms with van der Waals surface area (Å²) >= 11 is 0. The maximum atomic E-state index is 10.7. The highest BCUT2D eigenvalue weighted by atomic mass is 16.3. The summed E-state index contributed by atoms with van der Waals surface area (Å²) in [6.07, 6.45) is 3.57. The summed E-state index contributed by atoms with van der Waals surface area (Å²) in [6.45, 7) is 6.67. The summed E-state index contributed by atoms with van der Waals surface area (Å²) in [4.78, 5) is 0. The standard InChI is InChI=1S/C17H25N3O/c1-13(2)16(14-8-6-5-7-9-14)18-12-17(3,21)15-10-19-20(4)11-15/h5-11,13,16,18,21H,12H2,1-4H3. The predicted molar refractivity (Wildman–Crippen MR) is 84.8 cm³/mol. The van der Waals surface area contributed by atoms with Crippen LogP contribution < -0.4 is 5.32 Å². The van der Waals surface area contributed by atoms with Crippen molar-refractivity contribution >= 4 is 0 Å². The van der Waals surface area contributed by atoms with Gasteiger partial charge in [-0.2, -0.15) is 5.10 Å². The van der Waals surface area contributed by atoms with Gasteiger partial charge in [-0.3, -0.25) is 4.68 Å². The first-order chi connectivity index (χ1) is 9.90. The van der Waals surface area contributed by atoms with Gasteiger partial charge in [0.1, 0.15) is 5.60 Å². The summed E-state index contributed by atoms with van der Waals surface area (Å²) in [5.41, 5.74) is 1.14. The van der Waals surface area contributed by atoms with Gasteiger partial charge in [0.2, 0.25) is 0 Å². The third-order valence-corrected chi connectivity index (χ3v) is 3.82. The Morgan fingerprint density at radius 1 is 1.29 bits per heavy atom. The first-order valence-corrected chi connectivity index (χ1v) is 7.40. The fourth-order valence-corrected chi connectivity index (χ4v) is 2.51. The molecule has 1 aromatic carbocycles. The molecule has 4 heteroatoms. The minimum Gasteiger partial charge on any atom is -0.384 e. The second-order valence-corrected chi connectivity index (χ2v) is 6.19. The Kier molecular flexibility index (Phi) is 4.80. The summed E-state index contributed by atoms with van der Waals surface area (Å²) in [6, 6.07) is 10.6. The molecule has 0 radical (unpaired) electrons. The highest BCUT2D eigenvalue weighted by molar-refractivity contribution is 5.20. The Morgan fingerprint density at radius 2 is 1.95 bits per heavy atom. The number of aromatic nitrogens is 2. The van der Waals surface area contributed by atoms with Crippen LogP contribution in [0.4, 0.5) is 0 Å². The number of hydrogen-bond acceptors (Lipinski definition) is 3. The second-order valence-electron chi connectivity index (χ2n) is 6.19. The lowest BCUT2D eigenvalue weighted by molar-refractivity contribution is 0.0518. The van der Waals surface area contributed by atoms with Gasteiger partial charge in [-0.05, 0) is 18.4 Å². The van der Waals surface area contributed by atoms with Crippen LogP contribution in [0, 0.1) is 5.92 Å². The SMILES string of the molecule is CC(C)C(NCC(C)(O)c1cnn(C)c1)c1ccccc1. The van der Waals surface area contributed by atoms with Crippen LogP contribution in [0.1, 0.15) is 37.9 Å². The fourth-order valence-electron chi connectivity index (χ4n) is 2.51. The van der Waals surface area contributed by atoms with Gasteiger partial charge in [0.15, 0.2) is 0 Å². The Bertz CT molecular complexity index is 560. The lowest BCUT2D eigenvalue weighted by atomic mass is 9.93. The zero-order chi connectivity index (χ0) is 15.5. The van der Waals surface area contributed by atoms with Gasteiger partial charge in [-0.15, -0.1) is 0 Å². The molecule has 0 aliphatic heterocycles. The first kappa shape index (κ1) is 15.7. The van der Waals surface area contributed by atoms with Crippen LogP contribution in [0.3, 0.4) is 0 Å². The van der Waals surface area contributed by atoms with Crippen molar-refractivity contribution in [2.24, 2.45) is 13.0 Å². The van der Waals surface area contributed by atoms with Crippen LogP contribution in [0.5, 0.6) is 0 Å². The summed E-state index contributed by atoms with van der Waals surface area (Å²) < 4.78 is 1.71. The monoisotopic (exact) mass is 287 g/mol. The largest absolute Gasteiger partial charge is 0.384 e. The molecule has 0 amide bonds. The molecular formula is C17H25N3O. The summed E-state index contributed by atoms with van der Waals surface area (Å²) in [5, 5.41) is 18.3. The Morgan fingerprint density at radius 3 is 2.48 bits per heavy atom. The molecule has 0 fully saturated rings. The van der Waals surface area contributed by atoms with E-state index in [2.05, 4.69) is 36.4 Å². The third-order valence-electron chi connectivity index (χ3n) is 3.82. The number of aryl methyl sites for hydroxylation is 1.